The molecule has 5 heteroatoms. The summed E-state index contributed by atoms with van der Waals surface area (Å²) >= 11 is 0. The molecule has 1 aliphatic carbocycles. The molecular weight excluding hydrogens is 268 g/mol. The normalized spacial score (nSPS) is 15.7. The number of hydrogen-bond donors (Lipinski definition) is 2. The van der Waals surface area contributed by atoms with Crippen molar-refractivity contribution in [2.45, 2.75) is 38.1 Å². The van der Waals surface area contributed by atoms with Crippen molar-refractivity contribution in [2.75, 3.05) is 26.0 Å². The van der Waals surface area contributed by atoms with Gasteiger partial charge in [0.15, 0.2) is 0 Å². The summed E-state index contributed by atoms with van der Waals surface area (Å²) in [6.45, 7) is 0.336. The zero-order valence-corrected chi connectivity index (χ0v) is 12.5. The zero-order valence-electron chi connectivity index (χ0n) is 12.5. The van der Waals surface area contributed by atoms with E-state index >= 15 is 0 Å². The van der Waals surface area contributed by atoms with E-state index in [2.05, 4.69) is 0 Å². The lowest BCUT2D eigenvalue weighted by molar-refractivity contribution is 0.0585. The Hall–Kier alpha value is -1.75. The number of aliphatic hydroxyl groups is 1. The van der Waals surface area contributed by atoms with E-state index in [0.29, 0.717) is 23.5 Å². The van der Waals surface area contributed by atoms with Gasteiger partial charge in [-0.1, -0.05) is 19.3 Å². The van der Waals surface area contributed by atoms with Gasteiger partial charge in [-0.2, -0.15) is 0 Å². The van der Waals surface area contributed by atoms with Crippen LogP contribution in [0.3, 0.4) is 0 Å². The van der Waals surface area contributed by atoms with Crippen LogP contribution >= 0.6 is 0 Å². The molecule has 21 heavy (non-hydrogen) atoms. The van der Waals surface area contributed by atoms with E-state index in [1.54, 1.807) is 30.2 Å². The van der Waals surface area contributed by atoms with Crippen LogP contribution in [0.4, 0.5) is 5.69 Å². The third kappa shape index (κ3) is 3.88. The Morgan fingerprint density at radius 1 is 1.33 bits per heavy atom. The fourth-order valence-electron chi connectivity index (χ4n) is 2.98. The molecule has 5 nitrogen and oxygen atoms in total. The first-order chi connectivity index (χ1) is 10.2. The molecule has 2 rings (SSSR count). The van der Waals surface area contributed by atoms with Crippen LogP contribution in [0.2, 0.25) is 0 Å². The molecule has 1 aromatic rings. The number of benzene rings is 1. The Morgan fingerprint density at radius 3 is 2.67 bits per heavy atom. The summed E-state index contributed by atoms with van der Waals surface area (Å²) in [4.78, 5) is 14.5. The van der Waals surface area contributed by atoms with Crippen LogP contribution in [0.1, 0.15) is 42.5 Å². The molecule has 0 saturated heterocycles. The Bertz CT molecular complexity index is 484. The summed E-state index contributed by atoms with van der Waals surface area (Å²) < 4.78 is 5.17. The molecule has 0 spiro atoms. The molecule has 0 bridgehead atoms. The SMILES string of the molecule is COc1cc(N)cc(C(=O)N(CCO)C2CCCCC2)c1. The van der Waals surface area contributed by atoms with Crippen LogP contribution in [0.25, 0.3) is 0 Å². The van der Waals surface area contributed by atoms with Crippen molar-refractivity contribution in [2.24, 2.45) is 0 Å². The molecule has 0 unspecified atom stereocenters. The second kappa shape index (κ2) is 7.31. The van der Waals surface area contributed by atoms with Crippen LogP contribution in [0.5, 0.6) is 5.75 Å². The molecule has 1 aliphatic rings. The predicted octanol–water partition coefficient (Wildman–Crippen LogP) is 2.04. The highest BCUT2D eigenvalue weighted by atomic mass is 16.5. The van der Waals surface area contributed by atoms with Gasteiger partial charge in [0.2, 0.25) is 0 Å². The molecule has 1 aromatic carbocycles. The average Bonchev–Trinajstić information content (AvgIpc) is 2.52. The van der Waals surface area contributed by atoms with Gasteiger partial charge in [0.25, 0.3) is 5.91 Å². The number of ether oxygens (including phenoxy) is 1. The number of aliphatic hydroxyl groups excluding tert-OH is 1. The number of rotatable bonds is 5. The van der Waals surface area contributed by atoms with E-state index in [4.69, 9.17) is 10.5 Å². The second-order valence-electron chi connectivity index (χ2n) is 5.51. The summed E-state index contributed by atoms with van der Waals surface area (Å²) in [5.41, 5.74) is 6.85. The smallest absolute Gasteiger partial charge is 0.254 e. The van der Waals surface area contributed by atoms with Crippen LogP contribution in [0.15, 0.2) is 18.2 Å². The Labute approximate surface area is 125 Å². The minimum Gasteiger partial charge on any atom is -0.497 e. The molecule has 0 atom stereocenters. The lowest BCUT2D eigenvalue weighted by Gasteiger charge is -2.34. The zero-order chi connectivity index (χ0) is 15.2. The number of nitrogens with two attached hydrogens (primary N) is 1. The van der Waals surface area contributed by atoms with E-state index in [1.807, 2.05) is 0 Å². The first kappa shape index (κ1) is 15.6. The number of nitrogens with zero attached hydrogens (tertiary/aromatic N) is 1. The van der Waals surface area contributed by atoms with E-state index in [9.17, 15) is 9.90 Å². The topological polar surface area (TPSA) is 75.8 Å². The fourth-order valence-corrected chi connectivity index (χ4v) is 2.98. The molecule has 1 saturated carbocycles. The predicted molar refractivity (Wildman–Crippen MR) is 82.4 cm³/mol. The third-order valence-electron chi connectivity index (χ3n) is 4.03. The van der Waals surface area contributed by atoms with Crippen molar-refractivity contribution in [3.05, 3.63) is 23.8 Å². The standard InChI is InChI=1S/C16H24N2O3/c1-21-15-10-12(9-13(17)11-15)16(20)18(7-8-19)14-5-3-2-4-6-14/h9-11,14,19H,2-8,17H2,1H3. The van der Waals surface area contributed by atoms with Crippen molar-refractivity contribution < 1.29 is 14.6 Å². The molecule has 1 amide bonds. The molecule has 1 fully saturated rings. The van der Waals surface area contributed by atoms with Gasteiger partial charge in [0.1, 0.15) is 5.75 Å². The number of hydrogen-bond acceptors (Lipinski definition) is 4. The molecule has 0 heterocycles. The summed E-state index contributed by atoms with van der Waals surface area (Å²) in [5.74, 6) is 0.493. The van der Waals surface area contributed by atoms with Crippen LogP contribution in [0, 0.1) is 0 Å². The lowest BCUT2D eigenvalue weighted by Crippen LogP contribution is -2.43. The Morgan fingerprint density at radius 2 is 2.05 bits per heavy atom. The van der Waals surface area contributed by atoms with Crippen LogP contribution in [-0.2, 0) is 0 Å². The van der Waals surface area contributed by atoms with Gasteiger partial charge < -0.3 is 20.5 Å². The number of carbonyl (C=O) groups excluding carboxylic acids is 1. The molecule has 3 N–H and O–H groups in total. The van der Waals surface area contributed by atoms with Gasteiger partial charge in [0, 0.05) is 29.9 Å². The molecule has 0 aliphatic heterocycles. The Kier molecular flexibility index (Phi) is 5.44. The van der Waals surface area contributed by atoms with Crippen molar-refractivity contribution in [3.63, 3.8) is 0 Å². The minimum atomic E-state index is -0.0819. The van der Waals surface area contributed by atoms with E-state index < -0.39 is 0 Å². The summed E-state index contributed by atoms with van der Waals surface area (Å²) in [7, 11) is 1.55. The maximum atomic E-state index is 12.8. The third-order valence-corrected chi connectivity index (χ3v) is 4.03. The van der Waals surface area contributed by atoms with Crippen molar-refractivity contribution in [1.29, 1.82) is 0 Å². The number of methoxy groups -OCH3 is 1. The minimum absolute atomic E-state index is 0.0261. The largest absolute Gasteiger partial charge is 0.497 e. The van der Waals surface area contributed by atoms with Gasteiger partial charge in [0.05, 0.1) is 13.7 Å². The highest BCUT2D eigenvalue weighted by Gasteiger charge is 2.26. The van der Waals surface area contributed by atoms with Gasteiger partial charge in [-0.3, -0.25) is 4.79 Å². The van der Waals surface area contributed by atoms with Crippen LogP contribution < -0.4 is 10.5 Å². The quantitative estimate of drug-likeness (QED) is 0.814. The number of carbonyl (C=O) groups is 1. The van der Waals surface area contributed by atoms with Gasteiger partial charge in [-0.15, -0.1) is 0 Å². The second-order valence-corrected chi connectivity index (χ2v) is 5.51. The molecule has 0 aromatic heterocycles. The number of amides is 1. The van der Waals surface area contributed by atoms with Crippen molar-refractivity contribution >= 4 is 11.6 Å². The van der Waals surface area contributed by atoms with E-state index in [1.165, 1.54) is 6.42 Å². The summed E-state index contributed by atoms with van der Waals surface area (Å²) in [6, 6.07) is 5.27. The summed E-state index contributed by atoms with van der Waals surface area (Å²) in [6.07, 6.45) is 5.51. The highest BCUT2D eigenvalue weighted by Crippen LogP contribution is 2.26. The molecule has 116 valence electrons. The van der Waals surface area contributed by atoms with E-state index in [-0.39, 0.29) is 18.6 Å². The first-order valence-corrected chi connectivity index (χ1v) is 7.52. The lowest BCUT2D eigenvalue weighted by atomic mass is 9.93. The van der Waals surface area contributed by atoms with Crippen LogP contribution in [-0.4, -0.2) is 42.2 Å². The van der Waals surface area contributed by atoms with Crippen molar-refractivity contribution in [3.8, 4) is 5.75 Å². The first-order valence-electron chi connectivity index (χ1n) is 7.52. The fraction of sp³-hybridized carbons (Fsp3) is 0.562. The van der Waals surface area contributed by atoms with E-state index in [0.717, 1.165) is 25.7 Å². The monoisotopic (exact) mass is 292 g/mol. The summed E-state index contributed by atoms with van der Waals surface area (Å²) in [5, 5.41) is 9.28. The Balaban J connectivity index is 2.22. The van der Waals surface area contributed by atoms with Gasteiger partial charge in [-0.25, -0.2) is 0 Å². The number of nitrogen functional groups attached to an aromatic ring is 1. The average molecular weight is 292 g/mol. The maximum absolute atomic E-state index is 12.8. The van der Waals surface area contributed by atoms with Gasteiger partial charge >= 0.3 is 0 Å². The maximum Gasteiger partial charge on any atom is 0.254 e. The number of anilines is 1. The van der Waals surface area contributed by atoms with Crippen molar-refractivity contribution in [1.82, 2.24) is 4.90 Å². The molecule has 0 radical (unpaired) electrons. The molecular formula is C16H24N2O3. The highest BCUT2D eigenvalue weighted by molar-refractivity contribution is 5.95. The van der Waals surface area contributed by atoms with Gasteiger partial charge in [-0.05, 0) is 25.0 Å².